The van der Waals surface area contributed by atoms with Crippen LogP contribution in [0.2, 0.25) is 0 Å². The lowest BCUT2D eigenvalue weighted by Crippen LogP contribution is -2.58. The fourth-order valence-corrected chi connectivity index (χ4v) is 4.07. The summed E-state index contributed by atoms with van der Waals surface area (Å²) < 4.78 is 39.5. The van der Waals surface area contributed by atoms with Gasteiger partial charge in [-0.1, -0.05) is 18.6 Å². The molecule has 0 radical (unpaired) electrons. The molecule has 112 valence electrons. The molecule has 0 aromatic carbocycles. The molecule has 1 amide bonds. The third-order valence-electron chi connectivity index (χ3n) is 5.35. The second-order valence-electron chi connectivity index (χ2n) is 6.50. The number of rotatable bonds is 1. The zero-order valence-electron chi connectivity index (χ0n) is 11.5. The highest BCUT2D eigenvalue weighted by molar-refractivity contribution is 5.79. The average Bonchev–Trinajstić information content (AvgIpc) is 2.88. The molecule has 20 heavy (non-hydrogen) atoms. The van der Waals surface area contributed by atoms with Crippen LogP contribution in [-0.2, 0) is 4.79 Å². The molecule has 1 spiro atoms. The van der Waals surface area contributed by atoms with E-state index in [1.54, 1.807) is 4.90 Å². The SMILES string of the molecule is O=C(C1CC=CC1)N1CC[C@@H](C(F)(F)F)C2(CCC2)C1. The molecular weight excluding hydrogens is 267 g/mol. The van der Waals surface area contributed by atoms with Gasteiger partial charge >= 0.3 is 6.18 Å². The minimum absolute atomic E-state index is 0.0328. The van der Waals surface area contributed by atoms with Gasteiger partial charge in [0.15, 0.2) is 0 Å². The van der Waals surface area contributed by atoms with E-state index in [0.717, 1.165) is 19.3 Å². The fourth-order valence-electron chi connectivity index (χ4n) is 4.07. The summed E-state index contributed by atoms with van der Waals surface area (Å²) in [5, 5.41) is 0. The van der Waals surface area contributed by atoms with Crippen molar-refractivity contribution in [3.63, 3.8) is 0 Å². The summed E-state index contributed by atoms with van der Waals surface area (Å²) in [6, 6.07) is 0. The lowest BCUT2D eigenvalue weighted by Gasteiger charge is -2.54. The molecule has 0 aromatic rings. The van der Waals surface area contributed by atoms with Crippen LogP contribution in [-0.4, -0.2) is 30.1 Å². The van der Waals surface area contributed by atoms with Crippen LogP contribution in [0.4, 0.5) is 13.2 Å². The number of hydrogen-bond donors (Lipinski definition) is 0. The number of likely N-dealkylation sites (tertiary alicyclic amines) is 1. The number of halogens is 3. The van der Waals surface area contributed by atoms with E-state index in [9.17, 15) is 18.0 Å². The Kier molecular flexibility index (Phi) is 3.33. The summed E-state index contributed by atoms with van der Waals surface area (Å²) >= 11 is 0. The van der Waals surface area contributed by atoms with Crippen LogP contribution >= 0.6 is 0 Å². The van der Waals surface area contributed by atoms with Crippen molar-refractivity contribution in [1.29, 1.82) is 0 Å². The van der Waals surface area contributed by atoms with E-state index in [0.29, 0.717) is 19.4 Å². The number of piperidine rings is 1. The monoisotopic (exact) mass is 287 g/mol. The quantitative estimate of drug-likeness (QED) is 0.676. The molecule has 3 aliphatic rings. The predicted octanol–water partition coefficient (Wildman–Crippen LogP) is 3.53. The lowest BCUT2D eigenvalue weighted by molar-refractivity contribution is -0.237. The van der Waals surface area contributed by atoms with Crippen molar-refractivity contribution in [3.05, 3.63) is 12.2 Å². The van der Waals surface area contributed by atoms with Crippen molar-refractivity contribution in [3.8, 4) is 0 Å². The van der Waals surface area contributed by atoms with Crippen molar-refractivity contribution < 1.29 is 18.0 Å². The number of nitrogens with zero attached hydrogens (tertiary/aromatic N) is 1. The van der Waals surface area contributed by atoms with Gasteiger partial charge in [-0.2, -0.15) is 13.2 Å². The Morgan fingerprint density at radius 2 is 1.85 bits per heavy atom. The van der Waals surface area contributed by atoms with Crippen LogP contribution in [0, 0.1) is 17.3 Å². The molecule has 1 saturated carbocycles. The molecule has 1 heterocycles. The molecule has 1 atom stereocenters. The number of allylic oxidation sites excluding steroid dienone is 2. The van der Waals surface area contributed by atoms with Crippen LogP contribution in [0.1, 0.15) is 38.5 Å². The predicted molar refractivity (Wildman–Crippen MR) is 68.9 cm³/mol. The molecule has 1 saturated heterocycles. The van der Waals surface area contributed by atoms with E-state index in [-0.39, 0.29) is 24.8 Å². The molecule has 0 bridgehead atoms. The average molecular weight is 287 g/mol. The van der Waals surface area contributed by atoms with Crippen LogP contribution in [0.15, 0.2) is 12.2 Å². The van der Waals surface area contributed by atoms with E-state index in [1.807, 2.05) is 12.2 Å². The van der Waals surface area contributed by atoms with E-state index in [1.165, 1.54) is 0 Å². The van der Waals surface area contributed by atoms with Crippen molar-refractivity contribution in [2.24, 2.45) is 17.3 Å². The summed E-state index contributed by atoms with van der Waals surface area (Å²) in [6.07, 6.45) is 3.51. The van der Waals surface area contributed by atoms with Crippen molar-refractivity contribution >= 4 is 5.91 Å². The first-order valence-electron chi connectivity index (χ1n) is 7.43. The molecular formula is C15H20F3NO. The highest BCUT2D eigenvalue weighted by Crippen LogP contribution is 2.56. The van der Waals surface area contributed by atoms with Gasteiger partial charge in [0.05, 0.1) is 5.92 Å². The van der Waals surface area contributed by atoms with E-state index < -0.39 is 17.5 Å². The molecule has 2 aliphatic carbocycles. The van der Waals surface area contributed by atoms with E-state index in [2.05, 4.69) is 0 Å². The first-order chi connectivity index (χ1) is 9.42. The highest BCUT2D eigenvalue weighted by Gasteiger charge is 2.58. The summed E-state index contributed by atoms with van der Waals surface area (Å²) in [7, 11) is 0. The Labute approximate surface area is 117 Å². The number of carbonyl (C=O) groups excluding carboxylic acids is 1. The van der Waals surface area contributed by atoms with Gasteiger partial charge in [-0.05, 0) is 37.5 Å². The molecule has 0 N–H and O–H groups in total. The summed E-state index contributed by atoms with van der Waals surface area (Å²) in [4.78, 5) is 14.1. The van der Waals surface area contributed by atoms with E-state index >= 15 is 0 Å². The maximum absolute atomic E-state index is 13.2. The van der Waals surface area contributed by atoms with Gasteiger partial charge in [0.1, 0.15) is 0 Å². The van der Waals surface area contributed by atoms with Crippen LogP contribution in [0.25, 0.3) is 0 Å². The number of hydrogen-bond acceptors (Lipinski definition) is 1. The zero-order chi connectivity index (χ0) is 14.4. The lowest BCUT2D eigenvalue weighted by atomic mass is 9.58. The minimum Gasteiger partial charge on any atom is -0.342 e. The van der Waals surface area contributed by atoms with Gasteiger partial charge in [-0.3, -0.25) is 4.79 Å². The fraction of sp³-hybridized carbons (Fsp3) is 0.800. The molecule has 3 rings (SSSR count). The minimum atomic E-state index is -4.12. The Morgan fingerprint density at radius 3 is 2.35 bits per heavy atom. The van der Waals surface area contributed by atoms with Crippen LogP contribution < -0.4 is 0 Å². The van der Waals surface area contributed by atoms with Gasteiger partial charge in [0, 0.05) is 19.0 Å². The number of alkyl halides is 3. The largest absolute Gasteiger partial charge is 0.392 e. The van der Waals surface area contributed by atoms with Crippen molar-refractivity contribution in [1.82, 2.24) is 4.90 Å². The van der Waals surface area contributed by atoms with Gasteiger partial charge < -0.3 is 4.90 Å². The molecule has 0 aromatic heterocycles. The van der Waals surface area contributed by atoms with Crippen molar-refractivity contribution in [2.75, 3.05) is 13.1 Å². The zero-order valence-corrected chi connectivity index (χ0v) is 11.5. The first kappa shape index (κ1) is 14.0. The summed E-state index contributed by atoms with van der Waals surface area (Å²) in [6.45, 7) is 0.577. The third kappa shape index (κ3) is 2.25. The summed E-state index contributed by atoms with van der Waals surface area (Å²) in [5.41, 5.74) is -0.682. The molecule has 0 unspecified atom stereocenters. The number of carbonyl (C=O) groups is 1. The normalized spacial score (nSPS) is 29.8. The molecule has 5 heteroatoms. The first-order valence-corrected chi connectivity index (χ1v) is 7.43. The van der Waals surface area contributed by atoms with Gasteiger partial charge in [0.25, 0.3) is 0 Å². The molecule has 2 nitrogen and oxygen atoms in total. The maximum Gasteiger partial charge on any atom is 0.392 e. The summed E-state index contributed by atoms with van der Waals surface area (Å²) in [5.74, 6) is -1.19. The standard InChI is InChI=1S/C15H20F3NO/c16-15(17,18)12-6-9-19(10-14(12)7-3-8-14)13(20)11-4-1-2-5-11/h1-2,11-12H,3-10H2/t12-/m1/s1. The van der Waals surface area contributed by atoms with Gasteiger partial charge in [0.2, 0.25) is 5.91 Å². The second-order valence-corrected chi connectivity index (χ2v) is 6.50. The Balaban J connectivity index is 1.71. The van der Waals surface area contributed by atoms with Crippen LogP contribution in [0.3, 0.4) is 0 Å². The maximum atomic E-state index is 13.2. The smallest absolute Gasteiger partial charge is 0.342 e. The second kappa shape index (κ2) is 4.78. The third-order valence-corrected chi connectivity index (χ3v) is 5.35. The highest BCUT2D eigenvalue weighted by atomic mass is 19.4. The Morgan fingerprint density at radius 1 is 1.20 bits per heavy atom. The molecule has 2 fully saturated rings. The Bertz CT molecular complexity index is 417. The van der Waals surface area contributed by atoms with Crippen LogP contribution in [0.5, 0.6) is 0 Å². The van der Waals surface area contributed by atoms with E-state index in [4.69, 9.17) is 0 Å². The Hall–Kier alpha value is -1.00. The topological polar surface area (TPSA) is 20.3 Å². The van der Waals surface area contributed by atoms with Gasteiger partial charge in [-0.15, -0.1) is 0 Å². The molecule has 1 aliphatic heterocycles. The van der Waals surface area contributed by atoms with Gasteiger partial charge in [-0.25, -0.2) is 0 Å². The van der Waals surface area contributed by atoms with Crippen molar-refractivity contribution in [2.45, 2.75) is 44.7 Å². The number of amides is 1.